The van der Waals surface area contributed by atoms with E-state index in [9.17, 15) is 0 Å². The molecule has 0 radical (unpaired) electrons. The Morgan fingerprint density at radius 1 is 0.862 bits per heavy atom. The van der Waals surface area contributed by atoms with Gasteiger partial charge in [0.25, 0.3) is 0 Å². The molecule has 4 heteroatoms. The Morgan fingerprint density at radius 2 is 1.59 bits per heavy atom. The van der Waals surface area contributed by atoms with Crippen LogP contribution < -0.4 is 5.32 Å². The summed E-state index contributed by atoms with van der Waals surface area (Å²) in [4.78, 5) is 1.81. The van der Waals surface area contributed by atoms with E-state index in [1.165, 1.54) is 16.7 Å². The summed E-state index contributed by atoms with van der Waals surface area (Å²) in [5.41, 5.74) is 6.71. The minimum Gasteiger partial charge on any atom is -0.304 e. The van der Waals surface area contributed by atoms with Gasteiger partial charge in [0.15, 0.2) is 0 Å². The molecule has 0 aliphatic heterocycles. The van der Waals surface area contributed by atoms with Crippen LogP contribution in [0.2, 0.25) is 0 Å². The molecule has 0 unspecified atom stereocenters. The summed E-state index contributed by atoms with van der Waals surface area (Å²) < 4.78 is 0. The minimum atomic E-state index is 0.238. The van der Waals surface area contributed by atoms with E-state index in [2.05, 4.69) is 79.8 Å². The van der Waals surface area contributed by atoms with Crippen molar-refractivity contribution in [2.75, 3.05) is 0 Å². The zero-order valence-electron chi connectivity index (χ0n) is 16.9. The van der Waals surface area contributed by atoms with Gasteiger partial charge in [-0.3, -0.25) is 0 Å². The highest BCUT2D eigenvalue weighted by Gasteiger charge is 2.15. The zero-order valence-corrected chi connectivity index (χ0v) is 16.9. The Labute approximate surface area is 172 Å². The molecule has 4 rings (SSSR count). The fourth-order valence-electron chi connectivity index (χ4n) is 3.48. The van der Waals surface area contributed by atoms with E-state index in [-0.39, 0.29) is 6.04 Å². The van der Waals surface area contributed by atoms with Gasteiger partial charge in [-0.05, 0) is 25.0 Å². The SMILES string of the molecule is Cc1cccc(Cn2nc(CN[C@H](C)c3ccccc3)c(-c3ccccc3)n2)c1. The Kier molecular flexibility index (Phi) is 5.82. The molecular formula is C25H26N4. The molecule has 1 N–H and O–H groups in total. The molecule has 29 heavy (non-hydrogen) atoms. The van der Waals surface area contributed by atoms with Crippen LogP contribution in [0.3, 0.4) is 0 Å². The fraction of sp³-hybridized carbons (Fsp3) is 0.200. The van der Waals surface area contributed by atoms with Crippen molar-refractivity contribution in [2.24, 2.45) is 0 Å². The van der Waals surface area contributed by atoms with Crippen molar-refractivity contribution in [3.05, 3.63) is 107 Å². The molecule has 0 saturated carbocycles. The van der Waals surface area contributed by atoms with Gasteiger partial charge < -0.3 is 5.32 Å². The molecule has 146 valence electrons. The average molecular weight is 383 g/mol. The largest absolute Gasteiger partial charge is 0.304 e. The number of aryl methyl sites for hydroxylation is 1. The molecule has 0 fully saturated rings. The maximum absolute atomic E-state index is 4.82. The van der Waals surface area contributed by atoms with Gasteiger partial charge >= 0.3 is 0 Å². The van der Waals surface area contributed by atoms with Gasteiger partial charge in [-0.25, -0.2) is 0 Å². The van der Waals surface area contributed by atoms with E-state index in [1.807, 2.05) is 24.3 Å². The number of nitrogens with one attached hydrogen (secondary N) is 1. The molecule has 0 aliphatic carbocycles. The number of benzene rings is 3. The van der Waals surface area contributed by atoms with Gasteiger partial charge in [-0.15, -0.1) is 0 Å². The van der Waals surface area contributed by atoms with Gasteiger partial charge in [-0.2, -0.15) is 15.0 Å². The summed E-state index contributed by atoms with van der Waals surface area (Å²) in [6.07, 6.45) is 0. The average Bonchev–Trinajstić information content (AvgIpc) is 3.16. The highest BCUT2D eigenvalue weighted by atomic mass is 15.5. The zero-order chi connectivity index (χ0) is 20.1. The van der Waals surface area contributed by atoms with Crippen LogP contribution in [-0.2, 0) is 13.1 Å². The number of hydrogen-bond acceptors (Lipinski definition) is 3. The van der Waals surface area contributed by atoms with Gasteiger partial charge in [0.05, 0.1) is 6.54 Å². The lowest BCUT2D eigenvalue weighted by atomic mass is 10.1. The summed E-state index contributed by atoms with van der Waals surface area (Å²) in [6.45, 7) is 5.61. The first-order valence-corrected chi connectivity index (χ1v) is 10.0. The summed E-state index contributed by atoms with van der Waals surface area (Å²) in [5, 5.41) is 13.2. The van der Waals surface area contributed by atoms with E-state index < -0.39 is 0 Å². The summed E-state index contributed by atoms with van der Waals surface area (Å²) in [5.74, 6) is 0. The number of nitrogens with zero attached hydrogens (tertiary/aromatic N) is 3. The highest BCUT2D eigenvalue weighted by molar-refractivity contribution is 5.60. The molecule has 0 amide bonds. The lowest BCUT2D eigenvalue weighted by Crippen LogP contribution is -2.19. The van der Waals surface area contributed by atoms with Gasteiger partial charge in [-0.1, -0.05) is 90.5 Å². The van der Waals surface area contributed by atoms with Crippen molar-refractivity contribution in [3.8, 4) is 11.3 Å². The Balaban J connectivity index is 1.58. The predicted molar refractivity (Wildman–Crippen MR) is 117 cm³/mol. The lowest BCUT2D eigenvalue weighted by molar-refractivity contribution is 0.547. The van der Waals surface area contributed by atoms with Crippen LogP contribution in [0.4, 0.5) is 0 Å². The second kappa shape index (κ2) is 8.84. The normalized spacial score (nSPS) is 12.1. The topological polar surface area (TPSA) is 42.7 Å². The Morgan fingerprint density at radius 3 is 2.31 bits per heavy atom. The van der Waals surface area contributed by atoms with Crippen molar-refractivity contribution in [2.45, 2.75) is 33.0 Å². The van der Waals surface area contributed by atoms with Gasteiger partial charge in [0, 0.05) is 18.2 Å². The van der Waals surface area contributed by atoms with Crippen LogP contribution in [0.15, 0.2) is 84.9 Å². The molecule has 1 heterocycles. The molecule has 3 aromatic carbocycles. The van der Waals surface area contributed by atoms with E-state index in [4.69, 9.17) is 10.2 Å². The third kappa shape index (κ3) is 4.79. The molecule has 0 aliphatic rings. The molecule has 4 nitrogen and oxygen atoms in total. The summed E-state index contributed by atoms with van der Waals surface area (Å²) in [7, 11) is 0. The standard InChI is InChI=1S/C25H26N4/c1-19-10-9-11-21(16-19)18-29-27-24(25(28-29)23-14-7-4-8-15-23)17-26-20(2)22-12-5-3-6-13-22/h3-16,20,26H,17-18H2,1-2H3/t20-/m1/s1. The van der Waals surface area contributed by atoms with E-state index in [1.54, 1.807) is 4.80 Å². The van der Waals surface area contributed by atoms with Crippen LogP contribution in [0.25, 0.3) is 11.3 Å². The maximum Gasteiger partial charge on any atom is 0.117 e. The first kappa shape index (κ1) is 19.1. The van der Waals surface area contributed by atoms with Crippen LogP contribution in [0.1, 0.15) is 35.3 Å². The van der Waals surface area contributed by atoms with Crippen LogP contribution in [0.5, 0.6) is 0 Å². The summed E-state index contributed by atoms with van der Waals surface area (Å²) in [6, 6.07) is 29.5. The molecule has 0 spiro atoms. The quantitative estimate of drug-likeness (QED) is 0.480. The molecule has 0 bridgehead atoms. The third-order valence-electron chi connectivity index (χ3n) is 5.05. The van der Waals surface area contributed by atoms with Crippen molar-refractivity contribution < 1.29 is 0 Å². The smallest absolute Gasteiger partial charge is 0.117 e. The molecular weight excluding hydrogens is 356 g/mol. The van der Waals surface area contributed by atoms with Crippen LogP contribution >= 0.6 is 0 Å². The molecule has 4 aromatic rings. The van der Waals surface area contributed by atoms with Gasteiger partial charge in [0.2, 0.25) is 0 Å². The lowest BCUT2D eigenvalue weighted by Gasteiger charge is -2.13. The first-order valence-electron chi connectivity index (χ1n) is 10.0. The molecule has 1 atom stereocenters. The first-order chi connectivity index (χ1) is 14.2. The number of hydrogen-bond donors (Lipinski definition) is 1. The minimum absolute atomic E-state index is 0.238. The molecule has 1 aromatic heterocycles. The van der Waals surface area contributed by atoms with Crippen molar-refractivity contribution in [3.63, 3.8) is 0 Å². The van der Waals surface area contributed by atoms with Gasteiger partial charge in [0.1, 0.15) is 11.4 Å². The Bertz CT molecular complexity index is 1050. The Hall–Kier alpha value is -3.24. The number of rotatable bonds is 7. The monoisotopic (exact) mass is 382 g/mol. The number of aromatic nitrogens is 3. The van der Waals surface area contributed by atoms with E-state index in [0.717, 1.165) is 17.0 Å². The van der Waals surface area contributed by atoms with Crippen molar-refractivity contribution in [1.82, 2.24) is 20.3 Å². The van der Waals surface area contributed by atoms with E-state index >= 15 is 0 Å². The third-order valence-corrected chi connectivity index (χ3v) is 5.05. The van der Waals surface area contributed by atoms with Crippen molar-refractivity contribution >= 4 is 0 Å². The second-order valence-corrected chi connectivity index (χ2v) is 7.39. The van der Waals surface area contributed by atoms with Crippen molar-refractivity contribution in [1.29, 1.82) is 0 Å². The maximum atomic E-state index is 4.82. The van der Waals surface area contributed by atoms with Crippen LogP contribution in [0, 0.1) is 6.92 Å². The highest BCUT2D eigenvalue weighted by Crippen LogP contribution is 2.21. The van der Waals surface area contributed by atoms with E-state index in [0.29, 0.717) is 13.1 Å². The fourth-order valence-corrected chi connectivity index (χ4v) is 3.48. The van der Waals surface area contributed by atoms with Crippen LogP contribution in [-0.4, -0.2) is 15.0 Å². The predicted octanol–water partition coefficient (Wildman–Crippen LogP) is 5.15. The summed E-state index contributed by atoms with van der Waals surface area (Å²) >= 11 is 0. The second-order valence-electron chi connectivity index (χ2n) is 7.39. The molecule has 0 saturated heterocycles.